The van der Waals surface area contributed by atoms with Crippen LogP contribution in [-0.4, -0.2) is 59.9 Å². The highest BCUT2D eigenvalue weighted by Gasteiger charge is 2.34. The fraction of sp³-hybridized carbons (Fsp3) is 0.636. The lowest BCUT2D eigenvalue weighted by Gasteiger charge is -2.40. The monoisotopic (exact) mass is 442 g/mol. The van der Waals surface area contributed by atoms with Crippen LogP contribution in [0.25, 0.3) is 0 Å². The second-order valence-corrected chi connectivity index (χ2v) is 8.45. The van der Waals surface area contributed by atoms with E-state index >= 15 is 0 Å². The summed E-state index contributed by atoms with van der Waals surface area (Å²) in [5.41, 5.74) is -0.946. The molecule has 2 amide bonds. The second kappa shape index (κ2) is 10.6. The molecule has 0 aliphatic carbocycles. The summed E-state index contributed by atoms with van der Waals surface area (Å²) >= 11 is 0. The average Bonchev–Trinajstić information content (AvgIpc) is 2.69. The Balaban J connectivity index is 1.97. The first kappa shape index (κ1) is 24.7. The van der Waals surface area contributed by atoms with Crippen molar-refractivity contribution in [2.24, 2.45) is 0 Å². The van der Waals surface area contributed by atoms with Crippen LogP contribution in [0.5, 0.6) is 5.75 Å². The minimum atomic E-state index is -0.833. The van der Waals surface area contributed by atoms with E-state index in [1.165, 1.54) is 4.90 Å². The molecule has 1 fully saturated rings. The van der Waals surface area contributed by atoms with Crippen LogP contribution in [0.4, 0.5) is 18.4 Å². The van der Waals surface area contributed by atoms with E-state index in [1.54, 1.807) is 25.7 Å². The van der Waals surface area contributed by atoms with Crippen LogP contribution in [0.2, 0.25) is 0 Å². The number of amides is 2. The Bertz CT molecular complexity index is 759. The number of carbonyl (C=O) groups excluding carboxylic acids is 2. The Morgan fingerprint density at radius 3 is 2.29 bits per heavy atom. The van der Waals surface area contributed by atoms with Crippen molar-refractivity contribution in [1.29, 1.82) is 0 Å². The molecule has 1 aromatic rings. The van der Waals surface area contributed by atoms with Crippen molar-refractivity contribution in [3.63, 3.8) is 0 Å². The summed E-state index contributed by atoms with van der Waals surface area (Å²) in [6, 6.07) is 1.88. The van der Waals surface area contributed by atoms with Crippen molar-refractivity contribution in [2.45, 2.75) is 65.7 Å². The minimum Gasteiger partial charge on any atom is -0.493 e. The topological polar surface area (TPSA) is 68.3 Å². The van der Waals surface area contributed by atoms with Crippen molar-refractivity contribution in [3.05, 3.63) is 29.3 Å². The molecule has 0 saturated carbocycles. The molecular weight excluding hydrogens is 410 g/mol. The lowest BCUT2D eigenvalue weighted by Crippen LogP contribution is -2.57. The first-order valence-electron chi connectivity index (χ1n) is 10.6. The van der Waals surface area contributed by atoms with Gasteiger partial charge in [0.1, 0.15) is 29.6 Å². The van der Waals surface area contributed by atoms with Gasteiger partial charge in [-0.15, -0.1) is 0 Å². The minimum absolute atomic E-state index is 0.0937. The molecule has 31 heavy (non-hydrogen) atoms. The molecule has 0 N–H and O–H groups in total. The summed E-state index contributed by atoms with van der Waals surface area (Å²) in [5, 5.41) is 0. The molecule has 1 aliphatic heterocycles. The molecule has 1 aromatic carbocycles. The summed E-state index contributed by atoms with van der Waals surface area (Å²) in [4.78, 5) is 27.9. The number of rotatable bonds is 6. The summed E-state index contributed by atoms with van der Waals surface area (Å²) < 4.78 is 44.4. The smallest absolute Gasteiger partial charge is 0.410 e. The van der Waals surface area contributed by atoms with Gasteiger partial charge in [-0.25, -0.2) is 18.4 Å². The predicted octanol–water partition coefficient (Wildman–Crippen LogP) is 4.72. The number of nitrogens with zero attached hydrogens (tertiary/aromatic N) is 2. The van der Waals surface area contributed by atoms with E-state index in [0.717, 1.165) is 12.1 Å². The largest absolute Gasteiger partial charge is 0.493 e. The van der Waals surface area contributed by atoms with Gasteiger partial charge in [-0.2, -0.15) is 0 Å². The first-order valence-corrected chi connectivity index (χ1v) is 10.6. The third-order valence-electron chi connectivity index (χ3n) is 4.77. The Morgan fingerprint density at radius 2 is 1.74 bits per heavy atom. The molecule has 0 unspecified atom stereocenters. The highest BCUT2D eigenvalue weighted by Crippen LogP contribution is 2.23. The first-order chi connectivity index (χ1) is 14.6. The van der Waals surface area contributed by atoms with Gasteiger partial charge in [0.15, 0.2) is 0 Å². The normalized spacial score (nSPS) is 16.8. The number of carbonyl (C=O) groups is 2. The zero-order valence-electron chi connectivity index (χ0n) is 18.9. The lowest BCUT2D eigenvalue weighted by atomic mass is 10.1. The van der Waals surface area contributed by atoms with Crippen molar-refractivity contribution in [3.8, 4) is 5.75 Å². The number of ether oxygens (including phenoxy) is 3. The summed E-state index contributed by atoms with van der Waals surface area (Å²) in [7, 11) is 0. The molecule has 1 aliphatic rings. The van der Waals surface area contributed by atoms with E-state index in [1.807, 2.05) is 13.8 Å². The maximum atomic E-state index is 14.3. The number of hydrogen-bond acceptors (Lipinski definition) is 5. The maximum absolute atomic E-state index is 14.3. The zero-order chi connectivity index (χ0) is 23.2. The molecule has 0 bridgehead atoms. The van der Waals surface area contributed by atoms with E-state index in [-0.39, 0.29) is 30.4 Å². The van der Waals surface area contributed by atoms with Gasteiger partial charge in [-0.3, -0.25) is 0 Å². The number of piperazine rings is 1. The molecule has 1 heterocycles. The van der Waals surface area contributed by atoms with E-state index in [4.69, 9.17) is 14.2 Å². The van der Waals surface area contributed by atoms with E-state index in [9.17, 15) is 18.4 Å². The van der Waals surface area contributed by atoms with Crippen LogP contribution < -0.4 is 4.74 Å². The Hall–Kier alpha value is -2.58. The van der Waals surface area contributed by atoms with Crippen LogP contribution in [0.1, 0.15) is 53.0 Å². The van der Waals surface area contributed by atoms with Gasteiger partial charge in [0, 0.05) is 31.8 Å². The van der Waals surface area contributed by atoms with Crippen molar-refractivity contribution in [2.75, 3.05) is 26.2 Å². The number of hydrogen-bond donors (Lipinski definition) is 0. The standard InChI is InChI=1S/C22H32F2N2O5/c1-6-10-29-16-11-18(23)17(19(24)12-16)14-30-21(28)26-9-8-25(13-15(26)7-2)20(27)31-22(3,4)5/h11-12,15H,6-10,13-14H2,1-5H3/t15-/m1/s1. The fourth-order valence-corrected chi connectivity index (χ4v) is 3.18. The van der Waals surface area contributed by atoms with Gasteiger partial charge in [-0.1, -0.05) is 13.8 Å². The molecule has 7 nitrogen and oxygen atoms in total. The van der Waals surface area contributed by atoms with Crippen molar-refractivity contribution >= 4 is 12.2 Å². The van der Waals surface area contributed by atoms with E-state index in [2.05, 4.69) is 0 Å². The van der Waals surface area contributed by atoms with Crippen molar-refractivity contribution in [1.82, 2.24) is 9.80 Å². The number of halogens is 2. The fourth-order valence-electron chi connectivity index (χ4n) is 3.18. The van der Waals surface area contributed by atoms with E-state index in [0.29, 0.717) is 26.0 Å². The van der Waals surface area contributed by atoms with Crippen LogP contribution >= 0.6 is 0 Å². The van der Waals surface area contributed by atoms with Crippen LogP contribution in [0.15, 0.2) is 12.1 Å². The number of benzene rings is 1. The molecule has 174 valence electrons. The Labute approximate surface area is 182 Å². The Kier molecular flexibility index (Phi) is 8.47. The van der Waals surface area contributed by atoms with Gasteiger partial charge in [0.05, 0.1) is 18.2 Å². The molecule has 9 heteroatoms. The van der Waals surface area contributed by atoms with Crippen LogP contribution in [0, 0.1) is 11.6 Å². The summed E-state index contributed by atoms with van der Waals surface area (Å²) in [5.74, 6) is -1.57. The third-order valence-corrected chi connectivity index (χ3v) is 4.77. The van der Waals surface area contributed by atoms with Gasteiger partial charge in [0.25, 0.3) is 0 Å². The average molecular weight is 443 g/mol. The Morgan fingerprint density at radius 1 is 1.10 bits per heavy atom. The summed E-state index contributed by atoms with van der Waals surface area (Å²) in [6.07, 6.45) is 0.178. The van der Waals surface area contributed by atoms with Crippen LogP contribution in [-0.2, 0) is 16.1 Å². The summed E-state index contributed by atoms with van der Waals surface area (Å²) in [6.45, 7) is 9.78. The second-order valence-electron chi connectivity index (χ2n) is 8.45. The zero-order valence-corrected chi connectivity index (χ0v) is 18.9. The van der Waals surface area contributed by atoms with Gasteiger partial charge >= 0.3 is 12.2 Å². The quantitative estimate of drug-likeness (QED) is 0.638. The molecule has 1 atom stereocenters. The highest BCUT2D eigenvalue weighted by molar-refractivity contribution is 5.71. The molecular formula is C22H32F2N2O5. The molecule has 2 rings (SSSR count). The molecule has 1 saturated heterocycles. The van der Waals surface area contributed by atoms with Crippen LogP contribution in [0.3, 0.4) is 0 Å². The third kappa shape index (κ3) is 6.97. The lowest BCUT2D eigenvalue weighted by molar-refractivity contribution is 0.000528. The molecule has 0 radical (unpaired) electrons. The SMILES string of the molecule is CCCOc1cc(F)c(COC(=O)N2CCN(C(=O)OC(C)(C)C)C[C@H]2CC)c(F)c1. The van der Waals surface area contributed by atoms with Crippen molar-refractivity contribution < 1.29 is 32.6 Å². The van der Waals surface area contributed by atoms with Gasteiger partial charge in [-0.05, 0) is 33.6 Å². The van der Waals surface area contributed by atoms with Gasteiger partial charge in [0.2, 0.25) is 0 Å². The molecule has 0 spiro atoms. The maximum Gasteiger partial charge on any atom is 0.410 e. The van der Waals surface area contributed by atoms with Gasteiger partial charge < -0.3 is 24.0 Å². The van der Waals surface area contributed by atoms with E-state index < -0.39 is 36.0 Å². The molecule has 0 aromatic heterocycles. The highest BCUT2D eigenvalue weighted by atomic mass is 19.1. The predicted molar refractivity (Wildman–Crippen MR) is 111 cm³/mol.